The second-order valence-corrected chi connectivity index (χ2v) is 6.79. The Morgan fingerprint density at radius 3 is 2.38 bits per heavy atom. The van der Waals surface area contributed by atoms with Crippen molar-refractivity contribution >= 4 is 40.0 Å². The van der Waals surface area contributed by atoms with E-state index in [-0.39, 0.29) is 0 Å². The number of para-hydroxylation sites is 1. The van der Waals surface area contributed by atoms with Crippen LogP contribution in [0.25, 0.3) is 22.9 Å². The maximum atomic E-state index is 2.40. The Morgan fingerprint density at radius 1 is 0.654 bits per heavy atom. The van der Waals surface area contributed by atoms with Gasteiger partial charge in [-0.25, -0.2) is 0 Å². The zero-order valence-corrected chi connectivity index (χ0v) is 14.7. The van der Waals surface area contributed by atoms with Crippen LogP contribution >= 0.6 is 0 Å². The fourth-order valence-corrected chi connectivity index (χ4v) is 3.82. The molecule has 1 aliphatic rings. The predicted molar refractivity (Wildman–Crippen MR) is 112 cm³/mol. The molecule has 0 fully saturated rings. The van der Waals surface area contributed by atoms with E-state index >= 15 is 0 Å². The number of nitrogens with zero attached hydrogens (tertiary/aromatic N) is 1. The van der Waals surface area contributed by atoms with Crippen molar-refractivity contribution in [3.8, 4) is 0 Å². The van der Waals surface area contributed by atoms with Crippen LogP contribution in [0.5, 0.6) is 0 Å². The summed E-state index contributed by atoms with van der Waals surface area (Å²) < 4.78 is 0. The minimum Gasteiger partial charge on any atom is -0.309 e. The summed E-state index contributed by atoms with van der Waals surface area (Å²) in [5.74, 6) is 0. The summed E-state index contributed by atoms with van der Waals surface area (Å²) in [6.07, 6.45) is 4.45. The molecule has 0 bridgehead atoms. The summed E-state index contributed by atoms with van der Waals surface area (Å²) in [6.45, 7) is 2.15. The summed E-state index contributed by atoms with van der Waals surface area (Å²) in [4.78, 5) is 2.40. The Balaban J connectivity index is 1.91. The minimum absolute atomic E-state index is 1.19. The third-order valence-corrected chi connectivity index (χ3v) is 5.04. The Hall–Kier alpha value is -3.32. The van der Waals surface area contributed by atoms with Crippen molar-refractivity contribution < 1.29 is 0 Å². The second-order valence-electron chi connectivity index (χ2n) is 6.79. The highest BCUT2D eigenvalue weighted by atomic mass is 15.1. The van der Waals surface area contributed by atoms with Gasteiger partial charge in [-0.1, -0.05) is 78.9 Å². The van der Waals surface area contributed by atoms with E-state index < -0.39 is 0 Å². The third kappa shape index (κ3) is 2.33. The zero-order chi connectivity index (χ0) is 17.5. The molecule has 0 saturated carbocycles. The van der Waals surface area contributed by atoms with E-state index in [0.29, 0.717) is 0 Å². The van der Waals surface area contributed by atoms with E-state index in [0.717, 1.165) is 0 Å². The normalized spacial score (nSPS) is 12.6. The number of aryl methyl sites for hydroxylation is 1. The number of rotatable bonds is 1. The van der Waals surface area contributed by atoms with Gasteiger partial charge in [0.05, 0.1) is 11.4 Å². The molecule has 0 amide bonds. The van der Waals surface area contributed by atoms with Crippen molar-refractivity contribution in [3.05, 3.63) is 102 Å². The summed E-state index contributed by atoms with van der Waals surface area (Å²) in [5.41, 5.74) is 7.38. The molecule has 0 saturated heterocycles. The van der Waals surface area contributed by atoms with Gasteiger partial charge in [-0.15, -0.1) is 0 Å². The summed E-state index contributed by atoms with van der Waals surface area (Å²) in [6, 6.07) is 30.4. The van der Waals surface area contributed by atoms with Crippen LogP contribution in [-0.2, 0) is 0 Å². The molecule has 0 unspecified atom stereocenters. The molecule has 0 N–H and O–H groups in total. The standard InChI is InChI=1S/C25H19N/c1-18-7-6-10-22(17-18)26-24-12-5-3-9-20(24)14-16-21-15-13-19-8-2-4-11-23(19)25(21)26/h2-17H,1H3. The van der Waals surface area contributed by atoms with Crippen LogP contribution in [0.3, 0.4) is 0 Å². The average Bonchev–Trinajstić information content (AvgIpc) is 2.85. The highest BCUT2D eigenvalue weighted by Crippen LogP contribution is 2.45. The molecule has 0 aliphatic carbocycles. The van der Waals surface area contributed by atoms with Gasteiger partial charge in [0, 0.05) is 11.1 Å². The van der Waals surface area contributed by atoms with E-state index in [1.165, 1.54) is 44.5 Å². The van der Waals surface area contributed by atoms with E-state index in [2.05, 4.69) is 109 Å². The first-order valence-corrected chi connectivity index (χ1v) is 8.97. The van der Waals surface area contributed by atoms with Crippen LogP contribution in [0.15, 0.2) is 84.9 Å². The van der Waals surface area contributed by atoms with Crippen molar-refractivity contribution in [2.24, 2.45) is 0 Å². The molecular weight excluding hydrogens is 314 g/mol. The van der Waals surface area contributed by atoms with Crippen LogP contribution in [0.1, 0.15) is 16.7 Å². The van der Waals surface area contributed by atoms with Crippen molar-refractivity contribution in [2.45, 2.75) is 6.92 Å². The first-order valence-electron chi connectivity index (χ1n) is 8.97. The molecule has 5 rings (SSSR count). The SMILES string of the molecule is Cc1cccc(N2c3ccccc3C=Cc3ccc4ccccc4c32)c1. The largest absolute Gasteiger partial charge is 0.309 e. The molecule has 0 radical (unpaired) electrons. The Bertz CT molecular complexity index is 1150. The zero-order valence-electron chi connectivity index (χ0n) is 14.7. The van der Waals surface area contributed by atoms with Crippen LogP contribution in [0, 0.1) is 6.92 Å². The van der Waals surface area contributed by atoms with Gasteiger partial charge in [0.25, 0.3) is 0 Å². The van der Waals surface area contributed by atoms with Gasteiger partial charge in [-0.3, -0.25) is 0 Å². The van der Waals surface area contributed by atoms with Gasteiger partial charge in [-0.2, -0.15) is 0 Å². The average molecular weight is 333 g/mol. The number of anilines is 3. The maximum absolute atomic E-state index is 2.40. The number of hydrogen-bond donors (Lipinski definition) is 0. The fraction of sp³-hybridized carbons (Fsp3) is 0.0400. The molecule has 26 heavy (non-hydrogen) atoms. The van der Waals surface area contributed by atoms with Gasteiger partial charge < -0.3 is 4.90 Å². The van der Waals surface area contributed by atoms with Crippen molar-refractivity contribution in [1.82, 2.24) is 0 Å². The van der Waals surface area contributed by atoms with E-state index in [1.807, 2.05) is 0 Å². The number of benzene rings is 4. The van der Waals surface area contributed by atoms with Crippen molar-refractivity contribution in [3.63, 3.8) is 0 Å². The monoisotopic (exact) mass is 333 g/mol. The predicted octanol–water partition coefficient (Wildman–Crippen LogP) is 7.10. The van der Waals surface area contributed by atoms with E-state index in [4.69, 9.17) is 0 Å². The summed E-state index contributed by atoms with van der Waals surface area (Å²) in [5, 5.41) is 2.53. The lowest BCUT2D eigenvalue weighted by Crippen LogP contribution is -2.12. The van der Waals surface area contributed by atoms with E-state index in [1.54, 1.807) is 0 Å². The smallest absolute Gasteiger partial charge is 0.0612 e. The molecule has 0 aromatic heterocycles. The molecule has 1 nitrogen and oxygen atoms in total. The van der Waals surface area contributed by atoms with Crippen molar-refractivity contribution in [1.29, 1.82) is 0 Å². The Morgan fingerprint density at radius 2 is 1.46 bits per heavy atom. The molecule has 1 heterocycles. The third-order valence-electron chi connectivity index (χ3n) is 5.04. The van der Waals surface area contributed by atoms with Gasteiger partial charge in [-0.05, 0) is 47.2 Å². The molecule has 4 aromatic rings. The number of fused-ring (bicyclic) bond motifs is 4. The number of hydrogen-bond acceptors (Lipinski definition) is 1. The molecule has 0 atom stereocenters. The highest BCUT2D eigenvalue weighted by Gasteiger charge is 2.21. The highest BCUT2D eigenvalue weighted by molar-refractivity contribution is 6.06. The first kappa shape index (κ1) is 15.0. The molecule has 1 heteroatoms. The lowest BCUT2D eigenvalue weighted by atomic mass is 10.0. The summed E-state index contributed by atoms with van der Waals surface area (Å²) in [7, 11) is 0. The van der Waals surface area contributed by atoms with Gasteiger partial charge in [0.2, 0.25) is 0 Å². The van der Waals surface area contributed by atoms with Crippen LogP contribution in [-0.4, -0.2) is 0 Å². The topological polar surface area (TPSA) is 3.24 Å². The Labute approximate surface area is 153 Å². The molecule has 4 aromatic carbocycles. The molecule has 0 spiro atoms. The molecule has 124 valence electrons. The lowest BCUT2D eigenvalue weighted by molar-refractivity contribution is 1.28. The summed E-state index contributed by atoms with van der Waals surface area (Å²) >= 11 is 0. The fourth-order valence-electron chi connectivity index (χ4n) is 3.82. The molecule has 1 aliphatic heterocycles. The van der Waals surface area contributed by atoms with Crippen LogP contribution < -0.4 is 4.90 Å². The second kappa shape index (κ2) is 5.89. The van der Waals surface area contributed by atoms with Crippen molar-refractivity contribution in [2.75, 3.05) is 4.90 Å². The van der Waals surface area contributed by atoms with Gasteiger partial charge in [0.1, 0.15) is 0 Å². The quantitative estimate of drug-likeness (QED) is 0.316. The van der Waals surface area contributed by atoms with Crippen LogP contribution in [0.2, 0.25) is 0 Å². The minimum atomic E-state index is 1.19. The Kier molecular flexibility index (Phi) is 3.39. The van der Waals surface area contributed by atoms with Gasteiger partial charge in [0.15, 0.2) is 0 Å². The van der Waals surface area contributed by atoms with Crippen LogP contribution in [0.4, 0.5) is 17.1 Å². The van der Waals surface area contributed by atoms with Gasteiger partial charge >= 0.3 is 0 Å². The van der Waals surface area contributed by atoms with E-state index in [9.17, 15) is 0 Å². The molecular formula is C25H19N. The lowest BCUT2D eigenvalue weighted by Gasteiger charge is -2.28. The maximum Gasteiger partial charge on any atom is 0.0612 e. The first-order chi connectivity index (χ1) is 12.8.